The summed E-state index contributed by atoms with van der Waals surface area (Å²) < 4.78 is 10.2. The zero-order valence-corrected chi connectivity index (χ0v) is 14.1. The fourth-order valence-corrected chi connectivity index (χ4v) is 2.13. The molecule has 0 bridgehead atoms. The molecule has 0 amide bonds. The Morgan fingerprint density at radius 1 is 0.905 bits per heavy atom. The van der Waals surface area contributed by atoms with Crippen LogP contribution in [0.4, 0.5) is 0 Å². The molecule has 124 valence electrons. The smallest absolute Gasteiger partial charge is 0.306 e. The van der Waals surface area contributed by atoms with Crippen LogP contribution >= 0.6 is 0 Å². The van der Waals surface area contributed by atoms with Crippen molar-refractivity contribution in [3.8, 4) is 0 Å². The minimum absolute atomic E-state index is 0.0671. The van der Waals surface area contributed by atoms with Crippen LogP contribution in [0.25, 0.3) is 0 Å². The van der Waals surface area contributed by atoms with Crippen LogP contribution in [0.2, 0.25) is 0 Å². The number of esters is 1. The van der Waals surface area contributed by atoms with Crippen LogP contribution < -0.4 is 0 Å². The topological polar surface area (TPSA) is 35.5 Å². The van der Waals surface area contributed by atoms with Gasteiger partial charge in [-0.05, 0) is 25.7 Å². The maximum absolute atomic E-state index is 11.5. The van der Waals surface area contributed by atoms with Crippen molar-refractivity contribution in [3.05, 3.63) is 12.2 Å². The fourth-order valence-electron chi connectivity index (χ4n) is 2.13. The molecule has 3 heteroatoms. The molecular formula is C18H34O3. The Bertz CT molecular complexity index is 249. The van der Waals surface area contributed by atoms with Crippen molar-refractivity contribution in [2.75, 3.05) is 20.3 Å². The Morgan fingerprint density at radius 3 is 2.38 bits per heavy atom. The Kier molecular flexibility index (Phi) is 16.5. The minimum atomic E-state index is -0.0671. The van der Waals surface area contributed by atoms with Gasteiger partial charge in [0.1, 0.15) is 6.61 Å². The second-order valence-electron chi connectivity index (χ2n) is 5.51. The second-order valence-corrected chi connectivity index (χ2v) is 5.51. The van der Waals surface area contributed by atoms with Gasteiger partial charge in [0, 0.05) is 20.1 Å². The summed E-state index contributed by atoms with van der Waals surface area (Å²) in [5.74, 6) is -0.0671. The van der Waals surface area contributed by atoms with Gasteiger partial charge in [-0.15, -0.1) is 0 Å². The molecule has 0 rings (SSSR count). The average Bonchev–Trinajstić information content (AvgIpc) is 2.49. The number of rotatable bonds is 15. The molecule has 0 radical (unpaired) electrons. The molecule has 0 aliphatic rings. The van der Waals surface area contributed by atoms with E-state index >= 15 is 0 Å². The molecule has 0 aliphatic heterocycles. The third-order valence-electron chi connectivity index (χ3n) is 3.46. The third kappa shape index (κ3) is 17.1. The fraction of sp³-hybridized carbons (Fsp3) is 0.833. The van der Waals surface area contributed by atoms with Gasteiger partial charge in [0.15, 0.2) is 0 Å². The monoisotopic (exact) mass is 298 g/mol. The zero-order chi connectivity index (χ0) is 15.6. The lowest BCUT2D eigenvalue weighted by atomic mass is 10.1. The van der Waals surface area contributed by atoms with Gasteiger partial charge in [-0.25, -0.2) is 0 Å². The lowest BCUT2D eigenvalue weighted by molar-refractivity contribution is -0.142. The van der Waals surface area contributed by atoms with Gasteiger partial charge in [-0.2, -0.15) is 0 Å². The summed E-state index contributed by atoms with van der Waals surface area (Å²) in [6.45, 7) is 3.49. The van der Waals surface area contributed by atoms with Crippen molar-refractivity contribution >= 4 is 5.97 Å². The molecule has 0 unspecified atom stereocenters. The Balaban J connectivity index is 3.24. The van der Waals surface area contributed by atoms with Crippen LogP contribution in [0.3, 0.4) is 0 Å². The summed E-state index contributed by atoms with van der Waals surface area (Å²) >= 11 is 0. The van der Waals surface area contributed by atoms with Gasteiger partial charge in [-0.3, -0.25) is 4.79 Å². The Hall–Kier alpha value is -0.830. The van der Waals surface area contributed by atoms with E-state index in [9.17, 15) is 4.79 Å². The number of hydrogen-bond donors (Lipinski definition) is 0. The van der Waals surface area contributed by atoms with Crippen LogP contribution in [0, 0.1) is 0 Å². The van der Waals surface area contributed by atoms with Crippen LogP contribution in [-0.4, -0.2) is 26.3 Å². The quantitative estimate of drug-likeness (QED) is 0.241. The van der Waals surface area contributed by atoms with Crippen molar-refractivity contribution in [2.24, 2.45) is 0 Å². The summed E-state index contributed by atoms with van der Waals surface area (Å²) in [5.41, 5.74) is 0. The van der Waals surface area contributed by atoms with Crippen molar-refractivity contribution in [2.45, 2.75) is 77.6 Å². The number of ether oxygens (including phenoxy) is 2. The first-order valence-corrected chi connectivity index (χ1v) is 8.60. The second kappa shape index (κ2) is 17.2. The molecule has 0 saturated heterocycles. The molecular weight excluding hydrogens is 264 g/mol. The molecule has 21 heavy (non-hydrogen) atoms. The summed E-state index contributed by atoms with van der Waals surface area (Å²) in [6, 6.07) is 0. The molecule has 0 aromatic carbocycles. The highest BCUT2D eigenvalue weighted by atomic mass is 16.5. The van der Waals surface area contributed by atoms with Gasteiger partial charge in [0.05, 0.1) is 0 Å². The number of carbonyl (C=O) groups is 1. The SMILES string of the molecule is CCCCCC/C=C\COC(=O)CCCCCCCOC. The number of hydrogen-bond acceptors (Lipinski definition) is 3. The van der Waals surface area contributed by atoms with E-state index in [4.69, 9.17) is 9.47 Å². The van der Waals surface area contributed by atoms with E-state index in [1.165, 1.54) is 38.5 Å². The minimum Gasteiger partial charge on any atom is -0.461 e. The van der Waals surface area contributed by atoms with Crippen molar-refractivity contribution in [1.82, 2.24) is 0 Å². The van der Waals surface area contributed by atoms with Gasteiger partial charge >= 0.3 is 5.97 Å². The lowest BCUT2D eigenvalue weighted by Crippen LogP contribution is -2.04. The first-order chi connectivity index (χ1) is 10.3. The standard InChI is InChI=1S/C18H34O3/c1-3-4-5-6-7-11-14-17-21-18(19)15-12-9-8-10-13-16-20-2/h11,14H,3-10,12-13,15-17H2,1-2H3/b14-11-. The highest BCUT2D eigenvalue weighted by Gasteiger charge is 2.00. The zero-order valence-electron chi connectivity index (χ0n) is 14.1. The predicted octanol–water partition coefficient (Wildman–Crippen LogP) is 5.04. The largest absolute Gasteiger partial charge is 0.461 e. The van der Waals surface area contributed by atoms with Crippen LogP contribution in [0.1, 0.15) is 77.6 Å². The third-order valence-corrected chi connectivity index (χ3v) is 3.46. The number of unbranched alkanes of at least 4 members (excludes halogenated alkanes) is 8. The van der Waals surface area contributed by atoms with Gasteiger partial charge < -0.3 is 9.47 Å². The Labute approximate surface area is 131 Å². The normalized spacial score (nSPS) is 11.1. The van der Waals surface area contributed by atoms with Crippen LogP contribution in [0.5, 0.6) is 0 Å². The molecule has 0 N–H and O–H groups in total. The van der Waals surface area contributed by atoms with Crippen LogP contribution in [0.15, 0.2) is 12.2 Å². The summed E-state index contributed by atoms with van der Waals surface area (Å²) in [5, 5.41) is 0. The molecule has 0 heterocycles. The van der Waals surface area contributed by atoms with E-state index < -0.39 is 0 Å². The van der Waals surface area contributed by atoms with Crippen molar-refractivity contribution in [3.63, 3.8) is 0 Å². The van der Waals surface area contributed by atoms with Crippen molar-refractivity contribution in [1.29, 1.82) is 0 Å². The maximum atomic E-state index is 11.5. The molecule has 0 fully saturated rings. The summed E-state index contributed by atoms with van der Waals surface area (Å²) in [7, 11) is 1.73. The molecule has 0 atom stereocenters. The first-order valence-electron chi connectivity index (χ1n) is 8.60. The summed E-state index contributed by atoms with van der Waals surface area (Å²) in [6.07, 6.45) is 16.4. The predicted molar refractivity (Wildman–Crippen MR) is 88.4 cm³/mol. The molecule has 0 spiro atoms. The number of carbonyl (C=O) groups excluding carboxylic acids is 1. The van der Waals surface area contributed by atoms with E-state index in [1.807, 2.05) is 6.08 Å². The average molecular weight is 298 g/mol. The molecule has 0 aliphatic carbocycles. The highest BCUT2D eigenvalue weighted by molar-refractivity contribution is 5.69. The number of methoxy groups -OCH3 is 1. The van der Waals surface area contributed by atoms with Gasteiger partial charge in [0.25, 0.3) is 0 Å². The van der Waals surface area contributed by atoms with E-state index in [0.717, 1.165) is 32.3 Å². The van der Waals surface area contributed by atoms with Crippen molar-refractivity contribution < 1.29 is 14.3 Å². The lowest BCUT2D eigenvalue weighted by Gasteiger charge is -2.02. The van der Waals surface area contributed by atoms with Gasteiger partial charge in [-0.1, -0.05) is 57.6 Å². The van der Waals surface area contributed by atoms with Crippen LogP contribution in [-0.2, 0) is 14.3 Å². The molecule has 0 aromatic heterocycles. The molecule has 0 aromatic rings. The molecule has 3 nitrogen and oxygen atoms in total. The van der Waals surface area contributed by atoms with E-state index in [-0.39, 0.29) is 5.97 Å². The maximum Gasteiger partial charge on any atom is 0.306 e. The Morgan fingerprint density at radius 2 is 1.62 bits per heavy atom. The highest BCUT2D eigenvalue weighted by Crippen LogP contribution is 2.06. The summed E-state index contributed by atoms with van der Waals surface area (Å²) in [4.78, 5) is 11.5. The first kappa shape index (κ1) is 20.2. The van der Waals surface area contributed by atoms with E-state index in [0.29, 0.717) is 13.0 Å². The molecule has 0 saturated carbocycles. The van der Waals surface area contributed by atoms with E-state index in [2.05, 4.69) is 13.0 Å². The van der Waals surface area contributed by atoms with Gasteiger partial charge in [0.2, 0.25) is 0 Å². The van der Waals surface area contributed by atoms with E-state index in [1.54, 1.807) is 7.11 Å². The number of allylic oxidation sites excluding steroid dienone is 1.